The third kappa shape index (κ3) is 5.32. The van der Waals surface area contributed by atoms with Crippen molar-refractivity contribution in [2.75, 3.05) is 32.2 Å². The molecule has 0 aliphatic heterocycles. The summed E-state index contributed by atoms with van der Waals surface area (Å²) in [5.41, 5.74) is -0.221. The van der Waals surface area contributed by atoms with E-state index >= 15 is 0 Å². The summed E-state index contributed by atoms with van der Waals surface area (Å²) >= 11 is 0. The van der Waals surface area contributed by atoms with Crippen LogP contribution in [-0.4, -0.2) is 43.4 Å². The Labute approximate surface area is 125 Å². The Morgan fingerprint density at radius 1 is 1.33 bits per heavy atom. The molecule has 0 unspecified atom stereocenters. The highest BCUT2D eigenvalue weighted by atomic mass is 16.5. The highest BCUT2D eigenvalue weighted by Crippen LogP contribution is 2.19. The first-order valence-electron chi connectivity index (χ1n) is 7.09. The molecule has 0 fully saturated rings. The van der Waals surface area contributed by atoms with Gasteiger partial charge in [-0.2, -0.15) is 0 Å². The number of nitrogens with one attached hydrogen (secondary N) is 1. The highest BCUT2D eigenvalue weighted by Gasteiger charge is 2.31. The summed E-state index contributed by atoms with van der Waals surface area (Å²) in [6.45, 7) is 7.00. The van der Waals surface area contributed by atoms with E-state index in [9.17, 15) is 4.79 Å². The van der Waals surface area contributed by atoms with Crippen molar-refractivity contribution in [3.05, 3.63) is 18.3 Å². The molecule has 1 amide bonds. The molecule has 1 aromatic rings. The molecule has 0 aliphatic rings. The van der Waals surface area contributed by atoms with Crippen LogP contribution in [0.25, 0.3) is 0 Å². The van der Waals surface area contributed by atoms with Gasteiger partial charge in [-0.3, -0.25) is 4.79 Å². The molecule has 0 aromatic carbocycles. The maximum absolute atomic E-state index is 12.2. The zero-order chi connectivity index (χ0) is 15.7. The van der Waals surface area contributed by atoms with Crippen LogP contribution in [0.4, 0.5) is 5.69 Å². The quantitative estimate of drug-likeness (QED) is 0.708. The van der Waals surface area contributed by atoms with Crippen molar-refractivity contribution in [3.8, 4) is 5.88 Å². The van der Waals surface area contributed by atoms with Crippen molar-refractivity contribution in [1.29, 1.82) is 0 Å². The van der Waals surface area contributed by atoms with Crippen LogP contribution in [0.2, 0.25) is 0 Å². The number of pyridine rings is 1. The highest BCUT2D eigenvalue weighted by molar-refractivity contribution is 5.96. The monoisotopic (exact) mass is 296 g/mol. The van der Waals surface area contributed by atoms with Gasteiger partial charge in [0.15, 0.2) is 0 Å². The topological polar surface area (TPSA) is 69.7 Å². The predicted octanol–water partition coefficient (Wildman–Crippen LogP) is 2.25. The smallest absolute Gasteiger partial charge is 0.256 e. The van der Waals surface area contributed by atoms with E-state index in [0.29, 0.717) is 37.8 Å². The van der Waals surface area contributed by atoms with Crippen LogP contribution in [0.15, 0.2) is 18.3 Å². The van der Waals surface area contributed by atoms with E-state index in [-0.39, 0.29) is 5.91 Å². The van der Waals surface area contributed by atoms with E-state index in [0.717, 1.165) is 0 Å². The van der Waals surface area contributed by atoms with Gasteiger partial charge in [0, 0.05) is 19.8 Å². The van der Waals surface area contributed by atoms with Crippen LogP contribution in [-0.2, 0) is 14.3 Å². The first kappa shape index (κ1) is 17.4. The third-order valence-corrected chi connectivity index (χ3v) is 3.15. The lowest BCUT2D eigenvalue weighted by Crippen LogP contribution is -2.42. The van der Waals surface area contributed by atoms with Gasteiger partial charge in [-0.05, 0) is 26.3 Å². The molecule has 21 heavy (non-hydrogen) atoms. The van der Waals surface area contributed by atoms with Gasteiger partial charge >= 0.3 is 0 Å². The minimum Gasteiger partial charge on any atom is -0.475 e. The normalized spacial score (nSPS) is 13.5. The van der Waals surface area contributed by atoms with Gasteiger partial charge in [0.25, 0.3) is 5.91 Å². The molecular formula is C15H24N2O4. The zero-order valence-corrected chi connectivity index (χ0v) is 13.1. The lowest BCUT2D eigenvalue weighted by molar-refractivity contribution is -0.139. The molecular weight excluding hydrogens is 272 g/mol. The van der Waals surface area contributed by atoms with Gasteiger partial charge in [-0.25, -0.2) is 4.98 Å². The molecule has 118 valence electrons. The molecule has 0 saturated carbocycles. The van der Waals surface area contributed by atoms with E-state index in [1.54, 1.807) is 32.4 Å². The minimum absolute atomic E-state index is 0.179. The number of amides is 1. The second-order valence-corrected chi connectivity index (χ2v) is 4.70. The van der Waals surface area contributed by atoms with Gasteiger partial charge in [0.1, 0.15) is 12.2 Å². The fourth-order valence-electron chi connectivity index (χ4n) is 1.68. The molecule has 0 aliphatic carbocycles. The number of carbonyl (C=O) groups is 1. The van der Waals surface area contributed by atoms with Crippen LogP contribution in [0, 0.1) is 0 Å². The predicted molar refractivity (Wildman–Crippen MR) is 80.6 cm³/mol. The van der Waals surface area contributed by atoms with E-state index < -0.39 is 5.60 Å². The SMILES string of the molecule is CCO[C@](C)(CC)C(=O)Nc1ccc(OCCOC)nc1. The molecule has 1 aromatic heterocycles. The zero-order valence-electron chi connectivity index (χ0n) is 13.1. The number of carbonyl (C=O) groups excluding carboxylic acids is 1. The molecule has 0 saturated heterocycles. The van der Waals surface area contributed by atoms with Crippen LogP contribution in [0.3, 0.4) is 0 Å². The fraction of sp³-hybridized carbons (Fsp3) is 0.600. The van der Waals surface area contributed by atoms with E-state index in [2.05, 4.69) is 10.3 Å². The standard InChI is InChI=1S/C15H24N2O4/c1-5-15(3,21-6-2)14(18)17-12-7-8-13(16-11-12)20-10-9-19-4/h7-8,11H,5-6,9-10H2,1-4H3,(H,17,18)/t15-/m1/s1. The van der Waals surface area contributed by atoms with Crippen molar-refractivity contribution < 1.29 is 19.0 Å². The molecule has 0 radical (unpaired) electrons. The number of nitrogens with zero attached hydrogens (tertiary/aromatic N) is 1. The average molecular weight is 296 g/mol. The number of rotatable bonds is 9. The van der Waals surface area contributed by atoms with Crippen LogP contribution in [0.5, 0.6) is 5.88 Å². The molecule has 6 nitrogen and oxygen atoms in total. The molecule has 1 heterocycles. The third-order valence-electron chi connectivity index (χ3n) is 3.15. The molecule has 1 atom stereocenters. The summed E-state index contributed by atoms with van der Waals surface area (Å²) in [5, 5.41) is 2.81. The maximum atomic E-state index is 12.2. The molecule has 0 bridgehead atoms. The largest absolute Gasteiger partial charge is 0.475 e. The Balaban J connectivity index is 2.60. The van der Waals surface area contributed by atoms with Crippen molar-refractivity contribution in [2.45, 2.75) is 32.8 Å². The summed E-state index contributed by atoms with van der Waals surface area (Å²) in [5.74, 6) is 0.315. The summed E-state index contributed by atoms with van der Waals surface area (Å²) in [7, 11) is 1.61. The number of methoxy groups -OCH3 is 1. The van der Waals surface area contributed by atoms with E-state index in [1.165, 1.54) is 0 Å². The second kappa shape index (κ2) is 8.59. The second-order valence-electron chi connectivity index (χ2n) is 4.70. The summed E-state index contributed by atoms with van der Waals surface area (Å²) < 4.78 is 15.8. The molecule has 1 N–H and O–H groups in total. The van der Waals surface area contributed by atoms with Crippen molar-refractivity contribution >= 4 is 11.6 Å². The van der Waals surface area contributed by atoms with Crippen LogP contribution in [0.1, 0.15) is 27.2 Å². The van der Waals surface area contributed by atoms with Crippen LogP contribution < -0.4 is 10.1 Å². The van der Waals surface area contributed by atoms with Gasteiger partial charge in [-0.1, -0.05) is 6.92 Å². The lowest BCUT2D eigenvalue weighted by atomic mass is 10.0. The first-order chi connectivity index (χ1) is 10.1. The Kier molecular flexibility index (Phi) is 7.11. The van der Waals surface area contributed by atoms with Crippen molar-refractivity contribution in [3.63, 3.8) is 0 Å². The fourth-order valence-corrected chi connectivity index (χ4v) is 1.68. The minimum atomic E-state index is -0.831. The number of aromatic nitrogens is 1. The Morgan fingerprint density at radius 2 is 2.10 bits per heavy atom. The first-order valence-corrected chi connectivity index (χ1v) is 7.09. The maximum Gasteiger partial charge on any atom is 0.256 e. The van der Waals surface area contributed by atoms with Gasteiger partial charge in [0.05, 0.1) is 18.5 Å². The lowest BCUT2D eigenvalue weighted by Gasteiger charge is -2.26. The summed E-state index contributed by atoms with van der Waals surface area (Å²) in [6, 6.07) is 3.45. The van der Waals surface area contributed by atoms with Crippen molar-refractivity contribution in [2.24, 2.45) is 0 Å². The number of hydrogen-bond donors (Lipinski definition) is 1. The van der Waals surface area contributed by atoms with Gasteiger partial charge in [-0.15, -0.1) is 0 Å². The summed E-state index contributed by atoms with van der Waals surface area (Å²) in [6.07, 6.45) is 2.15. The van der Waals surface area contributed by atoms with E-state index in [4.69, 9.17) is 14.2 Å². The summed E-state index contributed by atoms with van der Waals surface area (Å²) in [4.78, 5) is 16.4. The van der Waals surface area contributed by atoms with E-state index in [1.807, 2.05) is 13.8 Å². The number of ether oxygens (including phenoxy) is 3. The molecule has 6 heteroatoms. The number of anilines is 1. The van der Waals surface area contributed by atoms with Crippen molar-refractivity contribution in [1.82, 2.24) is 4.98 Å². The Hall–Kier alpha value is -1.66. The van der Waals surface area contributed by atoms with Gasteiger partial charge in [0.2, 0.25) is 5.88 Å². The van der Waals surface area contributed by atoms with Crippen LogP contribution >= 0.6 is 0 Å². The van der Waals surface area contributed by atoms with Gasteiger partial charge < -0.3 is 19.5 Å². The molecule has 0 spiro atoms. The Morgan fingerprint density at radius 3 is 2.62 bits per heavy atom. The molecule has 1 rings (SSSR count). The average Bonchev–Trinajstić information content (AvgIpc) is 2.49. The number of hydrogen-bond acceptors (Lipinski definition) is 5. The Bertz CT molecular complexity index is 436.